The zero-order valence-electron chi connectivity index (χ0n) is 20.4. The summed E-state index contributed by atoms with van der Waals surface area (Å²) >= 11 is 0. The predicted octanol–water partition coefficient (Wildman–Crippen LogP) is 2.35. The van der Waals surface area contributed by atoms with E-state index < -0.39 is 6.29 Å². The number of hydrogen-bond donors (Lipinski definition) is 3. The van der Waals surface area contributed by atoms with E-state index in [1.807, 2.05) is 42.1 Å². The molecule has 1 aromatic carbocycles. The van der Waals surface area contributed by atoms with E-state index in [0.29, 0.717) is 32.4 Å². The van der Waals surface area contributed by atoms with E-state index in [9.17, 15) is 9.59 Å². The Labute approximate surface area is 206 Å². The van der Waals surface area contributed by atoms with Gasteiger partial charge in [-0.15, -0.1) is 0 Å². The number of carbonyl (C=O) groups is 1. The number of aliphatic hydroxyl groups excluding tert-OH is 2. The number of nitrogens with zero attached hydrogens (tertiary/aromatic N) is 2. The maximum absolute atomic E-state index is 12.9. The van der Waals surface area contributed by atoms with Crippen molar-refractivity contribution in [2.24, 2.45) is 7.05 Å². The first-order chi connectivity index (χ1) is 17.0. The van der Waals surface area contributed by atoms with E-state index in [0.717, 1.165) is 37.1 Å². The number of unbranched alkanes of at least 4 members (excludes halogenated alkanes) is 4. The zero-order valence-corrected chi connectivity index (χ0v) is 20.4. The second kappa shape index (κ2) is 13.9. The highest BCUT2D eigenvalue weighted by atomic mass is 16.7. The van der Waals surface area contributed by atoms with Crippen molar-refractivity contribution in [3.8, 4) is 5.69 Å². The SMILES string of the molecule is Cn1c([C@H]2C=C(C(=O)NCCCCCCO)O[C@@H](OCCCCO)C2)cc(=O)n1-c1ccccc1. The van der Waals surface area contributed by atoms with Crippen molar-refractivity contribution in [2.75, 3.05) is 26.4 Å². The average molecular weight is 488 g/mol. The van der Waals surface area contributed by atoms with Gasteiger partial charge in [0.2, 0.25) is 6.29 Å². The Morgan fingerprint density at radius 2 is 1.80 bits per heavy atom. The van der Waals surface area contributed by atoms with Gasteiger partial charge in [-0.25, -0.2) is 4.68 Å². The van der Waals surface area contributed by atoms with Crippen molar-refractivity contribution in [1.29, 1.82) is 0 Å². The third-order valence-electron chi connectivity index (χ3n) is 6.04. The fraction of sp³-hybridized carbons (Fsp3) is 0.538. The number of aliphatic hydroxyl groups is 2. The van der Waals surface area contributed by atoms with Crippen molar-refractivity contribution >= 4 is 5.91 Å². The standard InChI is InChI=1S/C26H37N3O6/c1-28-22(19-24(32)29(28)21-11-5-4-6-12-21)20-17-23(26(33)27-13-7-2-3-8-14-30)35-25(18-20)34-16-10-9-15-31/h4-6,11-12,17,19-20,25,30-31H,2-3,7-10,13-16,18H2,1H3,(H,27,33)/t20-,25+/m0/s1. The molecule has 192 valence electrons. The van der Waals surface area contributed by atoms with Crippen LogP contribution in [-0.4, -0.2) is 58.1 Å². The fourth-order valence-corrected chi connectivity index (χ4v) is 4.19. The van der Waals surface area contributed by atoms with Crippen LogP contribution < -0.4 is 10.9 Å². The lowest BCUT2D eigenvalue weighted by molar-refractivity contribution is -0.146. The number of nitrogens with one attached hydrogen (secondary N) is 1. The van der Waals surface area contributed by atoms with Crippen molar-refractivity contribution in [3.05, 3.63) is 64.3 Å². The number of carbonyl (C=O) groups excluding carboxylic acids is 1. The number of para-hydroxylation sites is 1. The maximum atomic E-state index is 12.9. The van der Waals surface area contributed by atoms with Crippen LogP contribution in [0, 0.1) is 0 Å². The summed E-state index contributed by atoms with van der Waals surface area (Å²) in [5, 5.41) is 20.8. The summed E-state index contributed by atoms with van der Waals surface area (Å²) in [6.45, 7) is 1.20. The van der Waals surface area contributed by atoms with Crippen LogP contribution in [0.4, 0.5) is 0 Å². The van der Waals surface area contributed by atoms with E-state index in [4.69, 9.17) is 19.7 Å². The fourth-order valence-electron chi connectivity index (χ4n) is 4.19. The molecule has 9 heteroatoms. The van der Waals surface area contributed by atoms with Gasteiger partial charge in [-0.05, 0) is 43.9 Å². The van der Waals surface area contributed by atoms with Crippen molar-refractivity contribution < 1.29 is 24.5 Å². The zero-order chi connectivity index (χ0) is 25.0. The van der Waals surface area contributed by atoms with Crippen LogP contribution in [0.3, 0.4) is 0 Å². The number of allylic oxidation sites excluding steroid dienone is 1. The van der Waals surface area contributed by atoms with Gasteiger partial charge in [0.25, 0.3) is 11.5 Å². The van der Waals surface area contributed by atoms with Gasteiger partial charge < -0.3 is 25.0 Å². The van der Waals surface area contributed by atoms with Crippen LogP contribution in [-0.2, 0) is 21.3 Å². The first-order valence-electron chi connectivity index (χ1n) is 12.4. The third kappa shape index (κ3) is 7.55. The van der Waals surface area contributed by atoms with Gasteiger partial charge in [0.15, 0.2) is 5.76 Å². The second-order valence-corrected chi connectivity index (χ2v) is 8.69. The van der Waals surface area contributed by atoms with Crippen LogP contribution in [0.2, 0.25) is 0 Å². The molecule has 1 amide bonds. The topological polar surface area (TPSA) is 115 Å². The molecular formula is C26H37N3O6. The van der Waals surface area contributed by atoms with Gasteiger partial charge in [-0.3, -0.25) is 14.3 Å². The summed E-state index contributed by atoms with van der Waals surface area (Å²) in [7, 11) is 1.83. The van der Waals surface area contributed by atoms with Crippen molar-refractivity contribution in [2.45, 2.75) is 57.2 Å². The van der Waals surface area contributed by atoms with Gasteiger partial charge >= 0.3 is 0 Å². The Balaban J connectivity index is 1.77. The Hall–Kier alpha value is -2.88. The summed E-state index contributed by atoms with van der Waals surface area (Å²) < 4.78 is 15.2. The van der Waals surface area contributed by atoms with Gasteiger partial charge in [-0.2, -0.15) is 0 Å². The minimum absolute atomic E-state index is 0.0957. The van der Waals surface area contributed by atoms with Crippen molar-refractivity contribution in [1.82, 2.24) is 14.7 Å². The Bertz CT molecular complexity index is 1010. The molecule has 9 nitrogen and oxygen atoms in total. The third-order valence-corrected chi connectivity index (χ3v) is 6.04. The van der Waals surface area contributed by atoms with E-state index in [1.165, 1.54) is 0 Å². The number of amides is 1. The molecule has 0 bridgehead atoms. The number of benzene rings is 1. The molecule has 0 aliphatic carbocycles. The Kier molecular flexibility index (Phi) is 10.6. The summed E-state index contributed by atoms with van der Waals surface area (Å²) in [6.07, 6.45) is 6.33. The quantitative estimate of drug-likeness (QED) is 0.353. The number of ether oxygens (including phenoxy) is 2. The summed E-state index contributed by atoms with van der Waals surface area (Å²) in [4.78, 5) is 25.7. The molecule has 0 saturated heterocycles. The second-order valence-electron chi connectivity index (χ2n) is 8.69. The van der Waals surface area contributed by atoms with Crippen LogP contribution >= 0.6 is 0 Å². The van der Waals surface area contributed by atoms with E-state index in [1.54, 1.807) is 16.8 Å². The Morgan fingerprint density at radius 3 is 2.54 bits per heavy atom. The van der Waals surface area contributed by atoms with Crippen LogP contribution in [0.25, 0.3) is 5.69 Å². The molecule has 0 radical (unpaired) electrons. The molecule has 1 aliphatic rings. The Morgan fingerprint density at radius 1 is 1.09 bits per heavy atom. The highest BCUT2D eigenvalue weighted by Crippen LogP contribution is 2.31. The first kappa shape index (κ1) is 26.7. The lowest BCUT2D eigenvalue weighted by Crippen LogP contribution is -2.34. The van der Waals surface area contributed by atoms with E-state index >= 15 is 0 Å². The largest absolute Gasteiger partial charge is 0.459 e. The van der Waals surface area contributed by atoms with Crippen LogP contribution in [0.5, 0.6) is 0 Å². The van der Waals surface area contributed by atoms with Crippen molar-refractivity contribution in [3.63, 3.8) is 0 Å². The minimum Gasteiger partial charge on any atom is -0.459 e. The number of rotatable bonds is 14. The highest BCUT2D eigenvalue weighted by Gasteiger charge is 2.31. The molecule has 0 spiro atoms. The number of hydrogen-bond acceptors (Lipinski definition) is 6. The molecule has 1 aromatic heterocycles. The van der Waals surface area contributed by atoms with Gasteiger partial charge in [0, 0.05) is 50.9 Å². The maximum Gasteiger partial charge on any atom is 0.286 e. The average Bonchev–Trinajstić information content (AvgIpc) is 3.17. The van der Waals surface area contributed by atoms with Crippen LogP contribution in [0.15, 0.2) is 53.0 Å². The molecule has 0 saturated carbocycles. The predicted molar refractivity (Wildman–Crippen MR) is 132 cm³/mol. The lowest BCUT2D eigenvalue weighted by atomic mass is 9.97. The van der Waals surface area contributed by atoms with Gasteiger partial charge in [0.1, 0.15) is 0 Å². The minimum atomic E-state index is -0.635. The molecule has 35 heavy (non-hydrogen) atoms. The molecule has 3 rings (SSSR count). The molecule has 2 heterocycles. The van der Waals surface area contributed by atoms with Gasteiger partial charge in [-0.1, -0.05) is 31.0 Å². The van der Waals surface area contributed by atoms with Crippen LogP contribution in [0.1, 0.15) is 56.6 Å². The van der Waals surface area contributed by atoms with E-state index in [2.05, 4.69) is 5.32 Å². The normalized spacial score (nSPS) is 17.6. The summed E-state index contributed by atoms with van der Waals surface area (Å²) in [6, 6.07) is 11.0. The molecular weight excluding hydrogens is 450 g/mol. The van der Waals surface area contributed by atoms with Gasteiger partial charge in [0.05, 0.1) is 12.3 Å². The highest BCUT2D eigenvalue weighted by molar-refractivity contribution is 5.91. The van der Waals surface area contributed by atoms with E-state index in [-0.39, 0.29) is 36.4 Å². The first-order valence-corrected chi connectivity index (χ1v) is 12.4. The smallest absolute Gasteiger partial charge is 0.286 e. The molecule has 1 aliphatic heterocycles. The molecule has 3 N–H and O–H groups in total. The molecule has 2 atom stereocenters. The summed E-state index contributed by atoms with van der Waals surface area (Å²) in [5.41, 5.74) is 1.38. The monoisotopic (exact) mass is 487 g/mol. The summed E-state index contributed by atoms with van der Waals surface area (Å²) in [5.74, 6) is -0.378. The molecule has 0 unspecified atom stereocenters. The number of aromatic nitrogens is 2. The lowest BCUT2D eigenvalue weighted by Gasteiger charge is -2.29. The molecule has 0 fully saturated rings. The molecule has 2 aromatic rings.